The normalized spacial score (nSPS) is 12.9. The molecule has 2 rings (SSSR count). The molecule has 1 amide bonds. The summed E-state index contributed by atoms with van der Waals surface area (Å²) in [6.07, 6.45) is 0.966. The Morgan fingerprint density at radius 3 is 2.48 bits per heavy atom. The predicted octanol–water partition coefficient (Wildman–Crippen LogP) is 4.25. The summed E-state index contributed by atoms with van der Waals surface area (Å²) < 4.78 is 31.8. The quantitative estimate of drug-likeness (QED) is 0.446. The second kappa shape index (κ2) is 8.04. The van der Waals surface area contributed by atoms with E-state index in [1.165, 1.54) is 29.2 Å². The van der Waals surface area contributed by atoms with E-state index < -0.39 is 21.5 Å². The number of thioether (sulfide) groups is 1. The van der Waals surface area contributed by atoms with Crippen molar-refractivity contribution >= 4 is 44.9 Å². The van der Waals surface area contributed by atoms with Crippen molar-refractivity contribution in [1.29, 1.82) is 0 Å². The number of benzene rings is 1. The van der Waals surface area contributed by atoms with Crippen LogP contribution in [0, 0.1) is 6.92 Å². The first-order valence-corrected chi connectivity index (χ1v) is 11.5. The molecule has 1 aromatic carbocycles. The summed E-state index contributed by atoms with van der Waals surface area (Å²) in [6.45, 7) is 7.00. The number of sulfone groups is 1. The molecular weight excluding hydrogens is 404 g/mol. The molecule has 0 unspecified atom stereocenters. The van der Waals surface area contributed by atoms with Gasteiger partial charge < -0.3 is 10.5 Å². The first-order valence-electron chi connectivity index (χ1n) is 8.01. The van der Waals surface area contributed by atoms with Gasteiger partial charge in [-0.3, -0.25) is 0 Å². The van der Waals surface area contributed by atoms with E-state index in [0.717, 1.165) is 5.56 Å². The van der Waals surface area contributed by atoms with E-state index in [1.54, 1.807) is 45.2 Å². The maximum Gasteiger partial charge on any atom is 0.436 e. The fourth-order valence-electron chi connectivity index (χ4n) is 2.16. The Morgan fingerprint density at radius 1 is 1.26 bits per heavy atom. The van der Waals surface area contributed by atoms with Crippen molar-refractivity contribution in [2.75, 3.05) is 6.26 Å². The summed E-state index contributed by atoms with van der Waals surface area (Å²) in [6, 6.07) is 8.17. The minimum atomic E-state index is -3.71. The van der Waals surface area contributed by atoms with Crippen LogP contribution in [0.25, 0.3) is 0 Å². The number of aryl methyl sites for hydroxylation is 1. The molecule has 0 saturated heterocycles. The third-order valence-electron chi connectivity index (χ3n) is 3.30. The Bertz CT molecular complexity index is 986. The Balaban J connectivity index is 2.44. The van der Waals surface area contributed by atoms with E-state index in [2.05, 4.69) is 4.99 Å². The van der Waals surface area contributed by atoms with E-state index in [-0.39, 0.29) is 15.6 Å². The second-order valence-corrected chi connectivity index (χ2v) is 10.8. The molecule has 2 N–H and O–H groups in total. The van der Waals surface area contributed by atoms with Gasteiger partial charge >= 0.3 is 6.09 Å². The van der Waals surface area contributed by atoms with Gasteiger partial charge in [0.15, 0.2) is 0 Å². The van der Waals surface area contributed by atoms with Gasteiger partial charge in [-0.15, -0.1) is 23.1 Å². The number of aliphatic imine (C=N–C) groups is 1. The minimum Gasteiger partial charge on any atom is -0.442 e. The van der Waals surface area contributed by atoms with Crippen LogP contribution in [0.15, 0.2) is 49.3 Å². The smallest absolute Gasteiger partial charge is 0.436 e. The highest BCUT2D eigenvalue weighted by molar-refractivity contribution is 8.01. The number of hydrogen-bond donors (Lipinski definition) is 1. The molecule has 0 spiro atoms. The van der Waals surface area contributed by atoms with E-state index in [1.807, 2.05) is 13.0 Å². The lowest BCUT2D eigenvalue weighted by Gasteiger charge is -2.17. The Hall–Kier alpha value is -1.84. The van der Waals surface area contributed by atoms with Gasteiger partial charge in [-0.1, -0.05) is 12.1 Å². The van der Waals surface area contributed by atoms with Crippen LogP contribution in [0.5, 0.6) is 0 Å². The van der Waals surface area contributed by atoms with Crippen molar-refractivity contribution in [2.45, 2.75) is 47.3 Å². The molecule has 1 heterocycles. The topological polar surface area (TPSA) is 98.8 Å². The van der Waals surface area contributed by atoms with Crippen molar-refractivity contribution in [2.24, 2.45) is 10.7 Å². The SMILES string of the molecule is CSc1sc(C(N)=NC(=O)OC(C)(C)C)cc1S(=O)(=O)c1cccc(C)c1. The third-order valence-corrected chi connectivity index (χ3v) is 7.63. The zero-order valence-electron chi connectivity index (χ0n) is 15.8. The molecule has 0 aliphatic heterocycles. The second-order valence-electron chi connectivity index (χ2n) is 6.76. The summed E-state index contributed by atoms with van der Waals surface area (Å²) >= 11 is 2.47. The minimum absolute atomic E-state index is 0.0738. The van der Waals surface area contributed by atoms with E-state index in [4.69, 9.17) is 10.5 Å². The average Bonchev–Trinajstić information content (AvgIpc) is 2.98. The van der Waals surface area contributed by atoms with Crippen LogP contribution in [-0.4, -0.2) is 32.2 Å². The number of ether oxygens (including phenoxy) is 1. The lowest BCUT2D eigenvalue weighted by Crippen LogP contribution is -2.24. The van der Waals surface area contributed by atoms with Crippen LogP contribution in [0.3, 0.4) is 0 Å². The first-order chi connectivity index (χ1) is 12.4. The predicted molar refractivity (Wildman–Crippen MR) is 110 cm³/mol. The largest absolute Gasteiger partial charge is 0.442 e. The molecular formula is C18H22N2O4S3. The molecule has 1 aromatic heterocycles. The summed E-state index contributed by atoms with van der Waals surface area (Å²) in [5.41, 5.74) is 6.07. The molecule has 0 saturated carbocycles. The van der Waals surface area contributed by atoms with Crippen molar-refractivity contribution < 1.29 is 17.9 Å². The molecule has 27 heavy (non-hydrogen) atoms. The van der Waals surface area contributed by atoms with E-state index in [9.17, 15) is 13.2 Å². The molecule has 0 atom stereocenters. The molecule has 0 aliphatic carbocycles. The number of carbonyl (C=O) groups is 1. The zero-order valence-corrected chi connectivity index (χ0v) is 18.2. The summed E-state index contributed by atoms with van der Waals surface area (Å²) in [4.78, 5) is 16.3. The van der Waals surface area contributed by atoms with Crippen molar-refractivity contribution in [3.05, 3.63) is 40.8 Å². The molecule has 0 aliphatic rings. The molecule has 6 nitrogen and oxygen atoms in total. The number of amides is 1. The molecule has 146 valence electrons. The summed E-state index contributed by atoms with van der Waals surface area (Å²) in [5, 5.41) is 0. The molecule has 9 heteroatoms. The van der Waals surface area contributed by atoms with Gasteiger partial charge in [0, 0.05) is 0 Å². The van der Waals surface area contributed by atoms with Gasteiger partial charge in [-0.05, 0) is 57.7 Å². The average molecular weight is 427 g/mol. The standard InChI is InChI=1S/C18H22N2O4S3/c1-11-7-6-8-12(9-11)27(22,23)14-10-13(26-16(14)25-5)15(19)20-17(21)24-18(2,3)4/h6-10H,1-5H3,(H2,19,20,21). The maximum atomic E-state index is 13.0. The highest BCUT2D eigenvalue weighted by Gasteiger charge is 2.25. The monoisotopic (exact) mass is 426 g/mol. The Labute approximate surface area is 167 Å². The highest BCUT2D eigenvalue weighted by atomic mass is 32.2. The number of thiophene rings is 1. The van der Waals surface area contributed by atoms with Crippen LogP contribution in [0.2, 0.25) is 0 Å². The number of hydrogen-bond acceptors (Lipinski definition) is 6. The lowest BCUT2D eigenvalue weighted by atomic mass is 10.2. The molecule has 2 aromatic rings. The van der Waals surface area contributed by atoms with Crippen molar-refractivity contribution in [3.63, 3.8) is 0 Å². The third kappa shape index (κ3) is 5.33. The number of nitrogens with zero attached hydrogens (tertiary/aromatic N) is 1. The van der Waals surface area contributed by atoms with Gasteiger partial charge in [0.05, 0.1) is 18.9 Å². The molecule has 0 radical (unpaired) electrons. The van der Waals surface area contributed by atoms with Crippen molar-refractivity contribution in [3.8, 4) is 0 Å². The van der Waals surface area contributed by atoms with Crippen LogP contribution < -0.4 is 5.73 Å². The summed E-state index contributed by atoms with van der Waals surface area (Å²) in [7, 11) is -3.71. The zero-order chi connectivity index (χ0) is 20.4. The fourth-order valence-corrected chi connectivity index (χ4v) is 6.16. The van der Waals surface area contributed by atoms with Crippen LogP contribution in [0.4, 0.5) is 4.79 Å². The fraction of sp³-hybridized carbons (Fsp3) is 0.333. The number of carbonyl (C=O) groups excluding carboxylic acids is 1. The van der Waals surface area contributed by atoms with Crippen molar-refractivity contribution in [1.82, 2.24) is 0 Å². The Morgan fingerprint density at radius 2 is 1.93 bits per heavy atom. The molecule has 0 fully saturated rings. The number of nitrogens with two attached hydrogens (primary N) is 1. The number of amidine groups is 1. The van der Waals surface area contributed by atoms with Gasteiger partial charge in [0.2, 0.25) is 9.84 Å². The first kappa shape index (κ1) is 21.5. The summed E-state index contributed by atoms with van der Waals surface area (Å²) in [5.74, 6) is -0.0738. The van der Waals surface area contributed by atoms with E-state index >= 15 is 0 Å². The number of rotatable bonds is 4. The Kier molecular flexibility index (Phi) is 6.39. The van der Waals surface area contributed by atoms with Gasteiger partial charge in [-0.25, -0.2) is 13.2 Å². The lowest BCUT2D eigenvalue weighted by molar-refractivity contribution is 0.0604. The van der Waals surface area contributed by atoms with Gasteiger partial charge in [-0.2, -0.15) is 4.99 Å². The highest BCUT2D eigenvalue weighted by Crippen LogP contribution is 2.37. The van der Waals surface area contributed by atoms with E-state index in [0.29, 0.717) is 9.09 Å². The molecule has 0 bridgehead atoms. The van der Waals surface area contributed by atoms with Crippen LogP contribution >= 0.6 is 23.1 Å². The maximum absolute atomic E-state index is 13.0. The van der Waals surface area contributed by atoms with Crippen LogP contribution in [0.1, 0.15) is 31.2 Å². The van der Waals surface area contributed by atoms with Gasteiger partial charge in [0.25, 0.3) is 0 Å². The van der Waals surface area contributed by atoms with Crippen LogP contribution in [-0.2, 0) is 14.6 Å². The van der Waals surface area contributed by atoms with Gasteiger partial charge in [0.1, 0.15) is 11.4 Å².